The third-order valence-electron chi connectivity index (χ3n) is 4.73. The minimum Gasteiger partial charge on any atom is -0.488 e. The van der Waals surface area contributed by atoms with Gasteiger partial charge in [-0.15, -0.1) is 0 Å². The number of nitrogens with one attached hydrogen (secondary N) is 1. The largest absolute Gasteiger partial charge is 0.523 e. The molecule has 0 aromatic heterocycles. The summed E-state index contributed by atoms with van der Waals surface area (Å²) in [5.74, 6) is 0.347. The Labute approximate surface area is 175 Å². The molecule has 0 saturated heterocycles. The van der Waals surface area contributed by atoms with Crippen LogP contribution in [-0.2, 0) is 24.3 Å². The van der Waals surface area contributed by atoms with E-state index >= 15 is 0 Å². The highest BCUT2D eigenvalue weighted by Gasteiger charge is 2.47. The molecule has 0 amide bonds. The molecular weight excluding hydrogens is 447 g/mol. The molecule has 30 heavy (non-hydrogen) atoms. The Bertz CT molecular complexity index is 906. The molecule has 1 aromatic carbocycles. The van der Waals surface area contributed by atoms with Gasteiger partial charge in [0.2, 0.25) is 10.0 Å². The number of alkyl halides is 3. The van der Waals surface area contributed by atoms with Crippen molar-refractivity contribution in [3.63, 3.8) is 0 Å². The van der Waals surface area contributed by atoms with Crippen LogP contribution in [0.2, 0.25) is 0 Å². The van der Waals surface area contributed by atoms with E-state index in [1.807, 2.05) is 0 Å². The zero-order valence-electron chi connectivity index (χ0n) is 16.7. The summed E-state index contributed by atoms with van der Waals surface area (Å²) in [5, 5.41) is -0.408. The highest BCUT2D eigenvalue weighted by atomic mass is 32.2. The van der Waals surface area contributed by atoms with E-state index in [1.54, 1.807) is 13.8 Å². The molecule has 0 radical (unpaired) electrons. The second kappa shape index (κ2) is 9.31. The van der Waals surface area contributed by atoms with Crippen molar-refractivity contribution in [1.82, 2.24) is 0 Å². The fourth-order valence-electron chi connectivity index (χ4n) is 3.05. The molecule has 0 bridgehead atoms. The highest BCUT2D eigenvalue weighted by Crippen LogP contribution is 2.28. The quantitative estimate of drug-likeness (QED) is 0.427. The first-order valence-electron chi connectivity index (χ1n) is 9.48. The SMILES string of the molecule is CC(C)(CCOS(=O)(=O)C(F)(F)F)Oc1ccc(NS(=O)(=O)C2CCCCC2)cc1. The van der Waals surface area contributed by atoms with Gasteiger partial charge in [-0.2, -0.15) is 21.6 Å². The molecule has 1 aliphatic rings. The molecule has 1 fully saturated rings. The predicted molar refractivity (Wildman–Crippen MR) is 106 cm³/mol. The molecule has 0 aliphatic heterocycles. The first-order chi connectivity index (χ1) is 13.7. The fraction of sp³-hybridized carbons (Fsp3) is 0.667. The summed E-state index contributed by atoms with van der Waals surface area (Å²) in [6.45, 7) is 2.43. The van der Waals surface area contributed by atoms with Crippen molar-refractivity contribution in [2.24, 2.45) is 0 Å². The summed E-state index contributed by atoms with van der Waals surface area (Å²) < 4.78 is 95.8. The van der Waals surface area contributed by atoms with Crippen LogP contribution >= 0.6 is 0 Å². The highest BCUT2D eigenvalue weighted by molar-refractivity contribution is 7.93. The molecule has 0 unspecified atom stereocenters. The van der Waals surface area contributed by atoms with Gasteiger partial charge >= 0.3 is 15.6 Å². The van der Waals surface area contributed by atoms with E-state index in [2.05, 4.69) is 8.91 Å². The summed E-state index contributed by atoms with van der Waals surface area (Å²) in [6.07, 6.45) is 3.97. The Morgan fingerprint density at radius 2 is 1.57 bits per heavy atom. The van der Waals surface area contributed by atoms with Crippen molar-refractivity contribution in [2.45, 2.75) is 68.7 Å². The minimum absolute atomic E-state index is 0.127. The first-order valence-corrected chi connectivity index (χ1v) is 12.4. The second-order valence-corrected chi connectivity index (χ2v) is 11.3. The van der Waals surface area contributed by atoms with Crippen LogP contribution in [0.4, 0.5) is 18.9 Å². The number of hydrogen-bond acceptors (Lipinski definition) is 6. The molecule has 12 heteroatoms. The van der Waals surface area contributed by atoms with E-state index in [-0.39, 0.29) is 6.42 Å². The Kier molecular flexibility index (Phi) is 7.68. The van der Waals surface area contributed by atoms with Gasteiger partial charge in [0, 0.05) is 12.1 Å². The lowest BCUT2D eigenvalue weighted by molar-refractivity contribution is -0.0553. The Balaban J connectivity index is 1.91. The molecule has 0 heterocycles. The standard InChI is InChI=1S/C18H26F3NO6S2/c1-17(2,12-13-27-30(25,26)18(19,20)21)28-15-10-8-14(9-11-15)22-29(23,24)16-6-4-3-5-7-16/h8-11,16,22H,3-7,12-13H2,1-2H3. The van der Waals surface area contributed by atoms with E-state index in [0.717, 1.165) is 19.3 Å². The van der Waals surface area contributed by atoms with Crippen LogP contribution in [0, 0.1) is 0 Å². The van der Waals surface area contributed by atoms with Crippen molar-refractivity contribution in [3.8, 4) is 5.75 Å². The van der Waals surface area contributed by atoms with E-state index in [1.165, 1.54) is 24.3 Å². The van der Waals surface area contributed by atoms with Crippen LogP contribution in [-0.4, -0.2) is 39.8 Å². The summed E-state index contributed by atoms with van der Waals surface area (Å²) in [6, 6.07) is 6.09. The van der Waals surface area contributed by atoms with Crippen molar-refractivity contribution in [2.75, 3.05) is 11.3 Å². The molecule has 2 rings (SSSR count). The van der Waals surface area contributed by atoms with Crippen LogP contribution in [0.15, 0.2) is 24.3 Å². The first kappa shape index (κ1) is 24.7. The summed E-state index contributed by atoms with van der Waals surface area (Å²) >= 11 is 0. The van der Waals surface area contributed by atoms with Gasteiger partial charge in [-0.3, -0.25) is 8.91 Å². The van der Waals surface area contributed by atoms with Crippen LogP contribution in [0.1, 0.15) is 52.4 Å². The number of halogens is 3. The van der Waals surface area contributed by atoms with E-state index < -0.39 is 43.1 Å². The van der Waals surface area contributed by atoms with Crippen molar-refractivity contribution in [1.29, 1.82) is 0 Å². The number of ether oxygens (including phenoxy) is 1. The predicted octanol–water partition coefficient (Wildman–Crippen LogP) is 4.17. The molecule has 172 valence electrons. The van der Waals surface area contributed by atoms with Crippen molar-refractivity contribution < 1.29 is 38.9 Å². The Morgan fingerprint density at radius 1 is 1.00 bits per heavy atom. The van der Waals surface area contributed by atoms with Crippen molar-refractivity contribution in [3.05, 3.63) is 24.3 Å². The van der Waals surface area contributed by atoms with Crippen LogP contribution in [0.3, 0.4) is 0 Å². The molecule has 7 nitrogen and oxygen atoms in total. The van der Waals surface area contributed by atoms with E-state index in [0.29, 0.717) is 24.3 Å². The average Bonchev–Trinajstić information content (AvgIpc) is 2.62. The van der Waals surface area contributed by atoms with Gasteiger partial charge in [0.25, 0.3) is 0 Å². The summed E-state index contributed by atoms with van der Waals surface area (Å²) in [7, 11) is -9.12. The van der Waals surface area contributed by atoms with Gasteiger partial charge in [0.1, 0.15) is 11.4 Å². The lowest BCUT2D eigenvalue weighted by Crippen LogP contribution is -2.32. The number of rotatable bonds is 9. The number of anilines is 1. The van der Waals surface area contributed by atoms with Gasteiger partial charge < -0.3 is 4.74 Å². The third-order valence-corrected chi connectivity index (χ3v) is 7.64. The van der Waals surface area contributed by atoms with Crippen LogP contribution in [0.5, 0.6) is 5.75 Å². The molecular formula is C18H26F3NO6S2. The van der Waals surface area contributed by atoms with E-state index in [4.69, 9.17) is 4.74 Å². The minimum atomic E-state index is -5.65. The Morgan fingerprint density at radius 3 is 2.10 bits per heavy atom. The van der Waals surface area contributed by atoms with Crippen LogP contribution in [0.25, 0.3) is 0 Å². The molecule has 1 aliphatic carbocycles. The fourth-order valence-corrected chi connectivity index (χ4v) is 5.07. The lowest BCUT2D eigenvalue weighted by atomic mass is 10.0. The maximum Gasteiger partial charge on any atom is 0.523 e. The smallest absolute Gasteiger partial charge is 0.488 e. The van der Waals surface area contributed by atoms with Gasteiger partial charge in [0.05, 0.1) is 11.9 Å². The van der Waals surface area contributed by atoms with E-state index in [9.17, 15) is 30.0 Å². The summed E-state index contributed by atoms with van der Waals surface area (Å²) in [4.78, 5) is 0. The normalized spacial score (nSPS) is 17.0. The topological polar surface area (TPSA) is 98.8 Å². The third kappa shape index (κ3) is 7.02. The monoisotopic (exact) mass is 473 g/mol. The average molecular weight is 474 g/mol. The maximum absolute atomic E-state index is 12.5. The Hall–Kier alpha value is -1.53. The molecule has 0 spiro atoms. The van der Waals surface area contributed by atoms with Crippen molar-refractivity contribution >= 4 is 25.8 Å². The van der Waals surface area contributed by atoms with Crippen LogP contribution < -0.4 is 9.46 Å². The number of benzene rings is 1. The number of hydrogen-bond donors (Lipinski definition) is 1. The van der Waals surface area contributed by atoms with Gasteiger partial charge in [-0.25, -0.2) is 8.42 Å². The molecule has 1 N–H and O–H groups in total. The van der Waals surface area contributed by atoms with Gasteiger partial charge in [-0.05, 0) is 51.0 Å². The molecule has 1 aromatic rings. The second-order valence-electron chi connectivity index (χ2n) is 7.77. The zero-order valence-corrected chi connectivity index (χ0v) is 18.4. The molecule has 0 atom stereocenters. The molecule has 1 saturated carbocycles. The van der Waals surface area contributed by atoms with Gasteiger partial charge in [-0.1, -0.05) is 19.3 Å². The number of sulfonamides is 1. The lowest BCUT2D eigenvalue weighted by Gasteiger charge is -2.26. The van der Waals surface area contributed by atoms with Gasteiger partial charge in [0.15, 0.2) is 0 Å². The maximum atomic E-state index is 12.5. The zero-order chi connectivity index (χ0) is 22.6. The summed E-state index contributed by atoms with van der Waals surface area (Å²) in [5.41, 5.74) is -6.12.